The van der Waals surface area contributed by atoms with Gasteiger partial charge in [0.25, 0.3) is 0 Å². The molecule has 0 radical (unpaired) electrons. The first-order valence-electron chi connectivity index (χ1n) is 6.59. The van der Waals surface area contributed by atoms with Crippen LogP contribution in [0.2, 0.25) is 0 Å². The molecule has 0 amide bonds. The van der Waals surface area contributed by atoms with Crippen molar-refractivity contribution in [1.29, 1.82) is 0 Å². The van der Waals surface area contributed by atoms with Crippen molar-refractivity contribution in [2.24, 2.45) is 0 Å². The third kappa shape index (κ3) is 3.32. The molecule has 1 aliphatic rings. The largest absolute Gasteiger partial charge is 0.459 e. The zero-order valence-corrected chi connectivity index (χ0v) is 10.4. The third-order valence-electron chi connectivity index (χ3n) is 3.42. The first-order chi connectivity index (χ1) is 8.29. The zero-order chi connectivity index (χ0) is 12.1. The van der Waals surface area contributed by atoms with Crippen LogP contribution in [0.1, 0.15) is 54.9 Å². The highest BCUT2D eigenvalue weighted by atomic mass is 16.5. The number of hydrogen-bond acceptors (Lipinski definition) is 2. The molecule has 1 aromatic carbocycles. The maximum atomic E-state index is 11.9. The van der Waals surface area contributed by atoms with Crippen molar-refractivity contribution in [3.8, 4) is 0 Å². The number of carbonyl (C=O) groups is 1. The molecule has 1 aliphatic carbocycles. The highest BCUT2D eigenvalue weighted by Gasteiger charge is 2.18. The molecule has 0 saturated heterocycles. The monoisotopic (exact) mass is 232 g/mol. The third-order valence-corrected chi connectivity index (χ3v) is 3.42. The molecule has 2 rings (SSSR count). The van der Waals surface area contributed by atoms with Gasteiger partial charge in [-0.25, -0.2) is 4.79 Å². The van der Waals surface area contributed by atoms with Crippen LogP contribution in [-0.4, -0.2) is 12.1 Å². The standard InChI is InChI=1S/C15H20O2/c1-2-12-8-10-13(11-9-12)15(16)17-14-6-4-3-5-7-14/h8-11,14H,2-7H2,1H3. The lowest BCUT2D eigenvalue weighted by Gasteiger charge is -2.21. The topological polar surface area (TPSA) is 26.3 Å². The van der Waals surface area contributed by atoms with Crippen LogP contribution in [0.4, 0.5) is 0 Å². The number of carbonyl (C=O) groups excluding carboxylic acids is 1. The van der Waals surface area contributed by atoms with E-state index >= 15 is 0 Å². The van der Waals surface area contributed by atoms with E-state index in [2.05, 4.69) is 6.92 Å². The van der Waals surface area contributed by atoms with Gasteiger partial charge in [0.2, 0.25) is 0 Å². The lowest BCUT2D eigenvalue weighted by Crippen LogP contribution is -2.20. The number of rotatable bonds is 3. The second kappa shape index (κ2) is 5.85. The van der Waals surface area contributed by atoms with Crippen molar-refractivity contribution >= 4 is 5.97 Å². The number of aryl methyl sites for hydroxylation is 1. The summed E-state index contributed by atoms with van der Waals surface area (Å²) < 4.78 is 5.51. The van der Waals surface area contributed by atoms with Crippen molar-refractivity contribution in [2.75, 3.05) is 0 Å². The van der Waals surface area contributed by atoms with Gasteiger partial charge in [0.05, 0.1) is 5.56 Å². The number of hydrogen-bond donors (Lipinski definition) is 0. The van der Waals surface area contributed by atoms with E-state index in [4.69, 9.17) is 4.74 Å². The second-order valence-electron chi connectivity index (χ2n) is 4.72. The average Bonchev–Trinajstić information content (AvgIpc) is 2.40. The molecule has 1 aromatic rings. The number of ether oxygens (including phenoxy) is 1. The average molecular weight is 232 g/mol. The Morgan fingerprint density at radius 2 is 1.82 bits per heavy atom. The molecule has 0 unspecified atom stereocenters. The smallest absolute Gasteiger partial charge is 0.338 e. The van der Waals surface area contributed by atoms with E-state index in [0.29, 0.717) is 5.56 Å². The van der Waals surface area contributed by atoms with Gasteiger partial charge in [0.1, 0.15) is 6.10 Å². The molecular weight excluding hydrogens is 212 g/mol. The molecule has 2 heteroatoms. The molecule has 0 spiro atoms. The van der Waals surface area contributed by atoms with Gasteiger partial charge in [-0.05, 0) is 49.8 Å². The summed E-state index contributed by atoms with van der Waals surface area (Å²) in [5, 5.41) is 0. The van der Waals surface area contributed by atoms with E-state index < -0.39 is 0 Å². The van der Waals surface area contributed by atoms with E-state index in [-0.39, 0.29) is 12.1 Å². The van der Waals surface area contributed by atoms with E-state index in [1.54, 1.807) is 0 Å². The maximum Gasteiger partial charge on any atom is 0.338 e. The molecule has 1 saturated carbocycles. The summed E-state index contributed by atoms with van der Waals surface area (Å²) in [7, 11) is 0. The number of benzene rings is 1. The molecule has 2 nitrogen and oxygen atoms in total. The Kier molecular flexibility index (Phi) is 4.18. The SMILES string of the molecule is CCc1ccc(C(=O)OC2CCCCC2)cc1. The summed E-state index contributed by atoms with van der Waals surface area (Å²) in [6.07, 6.45) is 6.84. The molecule has 0 bridgehead atoms. The highest BCUT2D eigenvalue weighted by molar-refractivity contribution is 5.89. The van der Waals surface area contributed by atoms with E-state index in [1.807, 2.05) is 24.3 Å². The Hall–Kier alpha value is -1.31. The molecule has 92 valence electrons. The quantitative estimate of drug-likeness (QED) is 0.742. The summed E-state index contributed by atoms with van der Waals surface area (Å²) in [4.78, 5) is 11.9. The fraction of sp³-hybridized carbons (Fsp3) is 0.533. The fourth-order valence-corrected chi connectivity index (χ4v) is 2.28. The van der Waals surface area contributed by atoms with Gasteiger partial charge in [-0.1, -0.05) is 25.5 Å². The van der Waals surface area contributed by atoms with Crippen molar-refractivity contribution in [2.45, 2.75) is 51.6 Å². The molecule has 0 aromatic heterocycles. The Balaban J connectivity index is 1.93. The van der Waals surface area contributed by atoms with Crippen LogP contribution in [0, 0.1) is 0 Å². The molecule has 17 heavy (non-hydrogen) atoms. The summed E-state index contributed by atoms with van der Waals surface area (Å²) in [5.74, 6) is -0.167. The van der Waals surface area contributed by atoms with Crippen molar-refractivity contribution in [1.82, 2.24) is 0 Å². The Bertz CT molecular complexity index is 361. The minimum atomic E-state index is -0.167. The predicted octanol–water partition coefficient (Wildman–Crippen LogP) is 3.74. The Labute approximate surface area is 103 Å². The fourth-order valence-electron chi connectivity index (χ4n) is 2.28. The van der Waals surface area contributed by atoms with Gasteiger partial charge in [-0.2, -0.15) is 0 Å². The van der Waals surface area contributed by atoms with E-state index in [1.165, 1.54) is 24.8 Å². The summed E-state index contributed by atoms with van der Waals surface area (Å²) in [6.45, 7) is 2.11. The van der Waals surface area contributed by atoms with Crippen LogP contribution >= 0.6 is 0 Å². The van der Waals surface area contributed by atoms with E-state index in [9.17, 15) is 4.79 Å². The van der Waals surface area contributed by atoms with Gasteiger partial charge in [-0.15, -0.1) is 0 Å². The van der Waals surface area contributed by atoms with Crippen LogP contribution < -0.4 is 0 Å². The summed E-state index contributed by atoms with van der Waals surface area (Å²) in [6, 6.07) is 7.73. The van der Waals surface area contributed by atoms with Crippen LogP contribution in [0.25, 0.3) is 0 Å². The zero-order valence-electron chi connectivity index (χ0n) is 10.4. The van der Waals surface area contributed by atoms with Gasteiger partial charge in [0, 0.05) is 0 Å². The first-order valence-corrected chi connectivity index (χ1v) is 6.59. The molecule has 0 atom stereocenters. The Morgan fingerprint density at radius 3 is 2.41 bits per heavy atom. The normalized spacial score (nSPS) is 16.8. The lowest BCUT2D eigenvalue weighted by molar-refractivity contribution is 0.0211. The Morgan fingerprint density at radius 1 is 1.18 bits per heavy atom. The number of esters is 1. The van der Waals surface area contributed by atoms with Gasteiger partial charge in [0.15, 0.2) is 0 Å². The first kappa shape index (κ1) is 12.2. The van der Waals surface area contributed by atoms with Gasteiger partial charge < -0.3 is 4.74 Å². The predicted molar refractivity (Wildman–Crippen MR) is 68.1 cm³/mol. The van der Waals surface area contributed by atoms with Crippen molar-refractivity contribution in [3.63, 3.8) is 0 Å². The highest BCUT2D eigenvalue weighted by Crippen LogP contribution is 2.21. The minimum Gasteiger partial charge on any atom is -0.459 e. The van der Waals surface area contributed by atoms with Crippen LogP contribution in [0.3, 0.4) is 0 Å². The maximum absolute atomic E-state index is 11.9. The molecule has 1 fully saturated rings. The van der Waals surface area contributed by atoms with Crippen LogP contribution in [0.15, 0.2) is 24.3 Å². The molecule has 0 N–H and O–H groups in total. The molecular formula is C15H20O2. The minimum absolute atomic E-state index is 0.141. The van der Waals surface area contributed by atoms with Crippen LogP contribution in [0.5, 0.6) is 0 Å². The van der Waals surface area contributed by atoms with Gasteiger partial charge in [-0.3, -0.25) is 0 Å². The van der Waals surface area contributed by atoms with Crippen molar-refractivity contribution in [3.05, 3.63) is 35.4 Å². The van der Waals surface area contributed by atoms with Gasteiger partial charge >= 0.3 is 5.97 Å². The second-order valence-corrected chi connectivity index (χ2v) is 4.72. The lowest BCUT2D eigenvalue weighted by atomic mass is 9.98. The molecule has 0 heterocycles. The van der Waals surface area contributed by atoms with Crippen LogP contribution in [-0.2, 0) is 11.2 Å². The summed E-state index contributed by atoms with van der Waals surface area (Å²) >= 11 is 0. The van der Waals surface area contributed by atoms with E-state index in [0.717, 1.165) is 19.3 Å². The van der Waals surface area contributed by atoms with Crippen molar-refractivity contribution < 1.29 is 9.53 Å². The molecule has 0 aliphatic heterocycles. The summed E-state index contributed by atoms with van der Waals surface area (Å²) in [5.41, 5.74) is 1.92.